The summed E-state index contributed by atoms with van der Waals surface area (Å²) < 4.78 is 27.2. The van der Waals surface area contributed by atoms with E-state index in [0.29, 0.717) is 5.15 Å². The third kappa shape index (κ3) is 2.45. The predicted octanol–water partition coefficient (Wildman–Crippen LogP) is 4.03. The van der Waals surface area contributed by atoms with Gasteiger partial charge < -0.3 is 5.32 Å². The lowest BCUT2D eigenvalue weighted by molar-refractivity contribution is 0.590. The zero-order valence-electron chi connectivity index (χ0n) is 10.6. The number of nitrogens with one attached hydrogen (secondary N) is 1. The van der Waals surface area contributed by atoms with Crippen LogP contribution in [0.1, 0.15) is 24.1 Å². The number of anilines is 2. The molecule has 2 aromatic rings. The number of rotatable bonds is 2. The van der Waals surface area contributed by atoms with Crippen LogP contribution in [0.3, 0.4) is 0 Å². The van der Waals surface area contributed by atoms with Gasteiger partial charge in [0.2, 0.25) is 5.95 Å². The van der Waals surface area contributed by atoms with E-state index in [9.17, 15) is 8.78 Å². The minimum atomic E-state index is -0.692. The fraction of sp³-hybridized carbons (Fsp3) is 0.286. The summed E-state index contributed by atoms with van der Waals surface area (Å²) >= 11 is 6.11. The highest BCUT2D eigenvalue weighted by Gasteiger charge is 2.18. The Bertz CT molecular complexity index is 641. The minimum absolute atomic E-state index is 0.125. The van der Waals surface area contributed by atoms with E-state index in [2.05, 4.69) is 15.3 Å². The minimum Gasteiger partial charge on any atom is -0.319 e. The Morgan fingerprint density at radius 3 is 2.50 bits per heavy atom. The largest absolute Gasteiger partial charge is 0.319 e. The van der Waals surface area contributed by atoms with Gasteiger partial charge in [-0.05, 0) is 37.8 Å². The third-order valence-corrected chi connectivity index (χ3v) is 3.64. The normalized spacial score (nSPS) is 13.9. The van der Waals surface area contributed by atoms with E-state index < -0.39 is 11.6 Å². The lowest BCUT2D eigenvalue weighted by Crippen LogP contribution is -2.10. The van der Waals surface area contributed by atoms with Crippen molar-refractivity contribution in [3.05, 3.63) is 46.2 Å². The highest BCUT2D eigenvalue weighted by molar-refractivity contribution is 6.30. The molecule has 0 spiro atoms. The van der Waals surface area contributed by atoms with Gasteiger partial charge in [-0.1, -0.05) is 17.7 Å². The van der Waals surface area contributed by atoms with Crippen molar-refractivity contribution in [2.24, 2.45) is 0 Å². The van der Waals surface area contributed by atoms with E-state index in [0.717, 1.165) is 36.9 Å². The molecule has 3 rings (SSSR count). The van der Waals surface area contributed by atoms with Gasteiger partial charge >= 0.3 is 0 Å². The highest BCUT2D eigenvalue weighted by Crippen LogP contribution is 2.28. The monoisotopic (exact) mass is 295 g/mol. The molecule has 0 saturated heterocycles. The molecule has 6 heteroatoms. The molecule has 0 saturated carbocycles. The molecule has 0 atom stereocenters. The van der Waals surface area contributed by atoms with Crippen LogP contribution < -0.4 is 5.32 Å². The van der Waals surface area contributed by atoms with Gasteiger partial charge in [-0.2, -0.15) is 0 Å². The summed E-state index contributed by atoms with van der Waals surface area (Å²) in [6, 6.07) is 3.65. The van der Waals surface area contributed by atoms with Crippen LogP contribution >= 0.6 is 11.6 Å². The fourth-order valence-electron chi connectivity index (χ4n) is 2.33. The van der Waals surface area contributed by atoms with E-state index in [1.807, 2.05) is 0 Å². The molecule has 0 aliphatic heterocycles. The number of hydrogen-bond acceptors (Lipinski definition) is 3. The molecule has 20 heavy (non-hydrogen) atoms. The Labute approximate surface area is 120 Å². The Morgan fingerprint density at radius 1 is 1.05 bits per heavy atom. The maximum atomic E-state index is 13.6. The molecule has 1 aliphatic rings. The van der Waals surface area contributed by atoms with Crippen molar-refractivity contribution in [2.75, 3.05) is 5.32 Å². The van der Waals surface area contributed by atoms with E-state index >= 15 is 0 Å². The average Bonchev–Trinajstić information content (AvgIpc) is 2.43. The number of para-hydroxylation sites is 1. The maximum Gasteiger partial charge on any atom is 0.229 e. The van der Waals surface area contributed by atoms with Gasteiger partial charge in [0.05, 0.1) is 5.69 Å². The molecular formula is C14H12ClF2N3. The molecule has 104 valence electrons. The van der Waals surface area contributed by atoms with E-state index in [1.165, 1.54) is 18.2 Å². The molecule has 0 amide bonds. The Balaban J connectivity index is 1.97. The van der Waals surface area contributed by atoms with E-state index in [-0.39, 0.29) is 11.6 Å². The van der Waals surface area contributed by atoms with Gasteiger partial charge in [0.15, 0.2) is 0 Å². The van der Waals surface area contributed by atoms with Crippen molar-refractivity contribution < 1.29 is 8.78 Å². The van der Waals surface area contributed by atoms with E-state index in [4.69, 9.17) is 11.6 Å². The first-order valence-electron chi connectivity index (χ1n) is 6.41. The SMILES string of the molecule is Fc1cccc(F)c1Nc1nc(Cl)c2c(n1)CCCC2. The molecule has 0 unspecified atom stereocenters. The molecule has 0 bridgehead atoms. The van der Waals surface area contributed by atoms with Crippen molar-refractivity contribution in [3.63, 3.8) is 0 Å². The summed E-state index contributed by atoms with van der Waals surface area (Å²) in [6.45, 7) is 0. The lowest BCUT2D eigenvalue weighted by Gasteiger charge is -2.17. The van der Waals surface area contributed by atoms with E-state index in [1.54, 1.807) is 0 Å². The summed E-state index contributed by atoms with van der Waals surface area (Å²) in [7, 11) is 0. The second kappa shape index (κ2) is 5.32. The van der Waals surface area contributed by atoms with Crippen molar-refractivity contribution in [3.8, 4) is 0 Å². The zero-order valence-corrected chi connectivity index (χ0v) is 11.3. The molecule has 1 aliphatic carbocycles. The summed E-state index contributed by atoms with van der Waals surface area (Å²) in [4.78, 5) is 8.39. The summed E-state index contributed by atoms with van der Waals surface area (Å²) in [5.41, 5.74) is 1.53. The number of aryl methyl sites for hydroxylation is 1. The second-order valence-electron chi connectivity index (χ2n) is 4.69. The highest BCUT2D eigenvalue weighted by atomic mass is 35.5. The van der Waals surface area contributed by atoms with Crippen molar-refractivity contribution >= 4 is 23.2 Å². The first-order chi connectivity index (χ1) is 9.65. The number of halogens is 3. The van der Waals surface area contributed by atoms with Crippen LogP contribution in [0.2, 0.25) is 5.15 Å². The number of aromatic nitrogens is 2. The number of hydrogen-bond donors (Lipinski definition) is 1. The van der Waals surface area contributed by atoms with Crippen molar-refractivity contribution in [1.82, 2.24) is 9.97 Å². The van der Waals surface area contributed by atoms with Gasteiger partial charge in [-0.3, -0.25) is 0 Å². The molecule has 1 N–H and O–H groups in total. The maximum absolute atomic E-state index is 13.6. The smallest absolute Gasteiger partial charge is 0.229 e. The summed E-state index contributed by atoms with van der Waals surface area (Å²) in [5.74, 6) is -1.26. The first-order valence-corrected chi connectivity index (χ1v) is 6.79. The first kappa shape index (κ1) is 13.2. The number of fused-ring (bicyclic) bond motifs is 1. The summed E-state index contributed by atoms with van der Waals surface area (Å²) in [6.07, 6.45) is 3.76. The van der Waals surface area contributed by atoms with Gasteiger partial charge in [0.1, 0.15) is 22.5 Å². The molecule has 3 nitrogen and oxygen atoms in total. The Kier molecular flexibility index (Phi) is 3.53. The van der Waals surface area contributed by atoms with Crippen LogP contribution in [0.15, 0.2) is 18.2 Å². The van der Waals surface area contributed by atoms with Crippen LogP contribution in [0, 0.1) is 11.6 Å². The molecule has 1 aromatic carbocycles. The molecule has 0 radical (unpaired) electrons. The van der Waals surface area contributed by atoms with Crippen LogP contribution in [0.4, 0.5) is 20.4 Å². The summed E-state index contributed by atoms with van der Waals surface area (Å²) in [5, 5.41) is 2.93. The standard InChI is InChI=1S/C14H12ClF2N3/c15-13-8-4-1-2-7-11(8)18-14(20-13)19-12-9(16)5-3-6-10(12)17/h3,5-6H,1-2,4,7H2,(H,18,19,20). The topological polar surface area (TPSA) is 37.8 Å². The average molecular weight is 296 g/mol. The van der Waals surface area contributed by atoms with Gasteiger partial charge in [0, 0.05) is 5.56 Å². The quantitative estimate of drug-likeness (QED) is 0.850. The van der Waals surface area contributed by atoms with Crippen LogP contribution in [-0.4, -0.2) is 9.97 Å². The molecule has 1 aromatic heterocycles. The van der Waals surface area contributed by atoms with Gasteiger partial charge in [-0.25, -0.2) is 18.7 Å². The Morgan fingerprint density at radius 2 is 1.75 bits per heavy atom. The van der Waals surface area contributed by atoms with Gasteiger partial charge in [-0.15, -0.1) is 0 Å². The number of nitrogens with zero attached hydrogens (tertiary/aromatic N) is 2. The Hall–Kier alpha value is -1.75. The lowest BCUT2D eigenvalue weighted by atomic mass is 9.97. The fourth-order valence-corrected chi connectivity index (χ4v) is 2.62. The van der Waals surface area contributed by atoms with Crippen molar-refractivity contribution in [2.45, 2.75) is 25.7 Å². The van der Waals surface area contributed by atoms with Crippen molar-refractivity contribution in [1.29, 1.82) is 0 Å². The molecule has 1 heterocycles. The van der Waals surface area contributed by atoms with Crippen LogP contribution in [0.5, 0.6) is 0 Å². The van der Waals surface area contributed by atoms with Gasteiger partial charge in [0.25, 0.3) is 0 Å². The van der Waals surface area contributed by atoms with Crippen LogP contribution in [-0.2, 0) is 12.8 Å². The molecule has 0 fully saturated rings. The third-order valence-electron chi connectivity index (χ3n) is 3.33. The molecular weight excluding hydrogens is 284 g/mol. The predicted molar refractivity (Wildman–Crippen MR) is 73.3 cm³/mol. The second-order valence-corrected chi connectivity index (χ2v) is 5.05. The van der Waals surface area contributed by atoms with Crippen LogP contribution in [0.25, 0.3) is 0 Å². The number of benzene rings is 1. The zero-order chi connectivity index (χ0) is 14.1.